The lowest BCUT2D eigenvalue weighted by molar-refractivity contribution is -0.138. The molecule has 28 heavy (non-hydrogen) atoms. The number of hydrogen-bond donors (Lipinski definition) is 1. The molecule has 1 atom stereocenters. The summed E-state index contributed by atoms with van der Waals surface area (Å²) < 4.78 is 5.18. The lowest BCUT2D eigenvalue weighted by Gasteiger charge is -2.28. The van der Waals surface area contributed by atoms with Crippen molar-refractivity contribution in [2.24, 2.45) is 0 Å². The van der Waals surface area contributed by atoms with E-state index in [-0.39, 0.29) is 11.8 Å². The molecule has 0 aliphatic rings. The highest BCUT2D eigenvalue weighted by Gasteiger charge is 2.25. The fourth-order valence-corrected chi connectivity index (χ4v) is 3.61. The quantitative estimate of drug-likeness (QED) is 0.701. The monoisotopic (exact) mass is 400 g/mol. The van der Waals surface area contributed by atoms with E-state index < -0.39 is 6.04 Å². The maximum Gasteiger partial charge on any atom is 0.242 e. The van der Waals surface area contributed by atoms with Crippen molar-refractivity contribution in [1.29, 1.82) is 0 Å². The van der Waals surface area contributed by atoms with E-state index in [4.69, 9.17) is 4.74 Å². The standard InChI is InChI=1S/C22H28N2O3S/c1-16-5-7-19(8-6-16)14-28-15-21(25)24(17(2)22(26)23-3)13-18-9-11-20(27-4)12-10-18/h5-12,17H,13-15H2,1-4H3,(H,23,26)/t17-/m0/s1. The van der Waals surface area contributed by atoms with Gasteiger partial charge in [0.1, 0.15) is 11.8 Å². The molecule has 2 amide bonds. The molecule has 0 aliphatic heterocycles. The van der Waals surface area contributed by atoms with E-state index in [0.717, 1.165) is 17.1 Å². The maximum absolute atomic E-state index is 12.9. The second-order valence-corrected chi connectivity index (χ2v) is 7.62. The summed E-state index contributed by atoms with van der Waals surface area (Å²) in [6, 6.07) is 15.3. The van der Waals surface area contributed by atoms with Gasteiger partial charge in [-0.05, 0) is 37.1 Å². The minimum absolute atomic E-state index is 0.0518. The molecule has 0 spiro atoms. The Morgan fingerprint density at radius 3 is 2.25 bits per heavy atom. The zero-order valence-electron chi connectivity index (χ0n) is 16.9. The molecular formula is C22H28N2O3S. The molecule has 0 unspecified atom stereocenters. The molecule has 150 valence electrons. The third kappa shape index (κ3) is 6.30. The van der Waals surface area contributed by atoms with Gasteiger partial charge in [-0.3, -0.25) is 9.59 Å². The van der Waals surface area contributed by atoms with Crippen molar-refractivity contribution in [3.05, 3.63) is 65.2 Å². The van der Waals surface area contributed by atoms with Gasteiger partial charge in [-0.2, -0.15) is 0 Å². The van der Waals surface area contributed by atoms with Gasteiger partial charge in [0.05, 0.1) is 12.9 Å². The van der Waals surface area contributed by atoms with Crippen molar-refractivity contribution in [2.45, 2.75) is 32.2 Å². The second-order valence-electron chi connectivity index (χ2n) is 6.64. The van der Waals surface area contributed by atoms with Gasteiger partial charge in [-0.25, -0.2) is 0 Å². The average Bonchev–Trinajstić information content (AvgIpc) is 2.72. The molecule has 2 aromatic rings. The van der Waals surface area contributed by atoms with Crippen LogP contribution in [0.25, 0.3) is 0 Å². The minimum atomic E-state index is -0.542. The molecule has 0 saturated heterocycles. The summed E-state index contributed by atoms with van der Waals surface area (Å²) >= 11 is 1.56. The molecule has 0 radical (unpaired) electrons. The first-order valence-electron chi connectivity index (χ1n) is 9.22. The van der Waals surface area contributed by atoms with Crippen LogP contribution in [0, 0.1) is 6.92 Å². The summed E-state index contributed by atoms with van der Waals surface area (Å²) in [6.07, 6.45) is 0. The highest BCUT2D eigenvalue weighted by molar-refractivity contribution is 7.99. The Bertz CT molecular complexity index is 775. The second kappa shape index (κ2) is 10.8. The zero-order valence-corrected chi connectivity index (χ0v) is 17.7. The Balaban J connectivity index is 2.02. The third-order valence-electron chi connectivity index (χ3n) is 4.54. The van der Waals surface area contributed by atoms with Crippen LogP contribution in [0.5, 0.6) is 5.75 Å². The van der Waals surface area contributed by atoms with Crippen LogP contribution in [0.15, 0.2) is 48.5 Å². The summed E-state index contributed by atoms with van der Waals surface area (Å²) in [4.78, 5) is 26.6. The number of likely N-dealkylation sites (N-methyl/N-ethyl adjacent to an activating group) is 1. The van der Waals surface area contributed by atoms with Crippen LogP contribution in [-0.4, -0.2) is 42.7 Å². The Hall–Kier alpha value is -2.47. The van der Waals surface area contributed by atoms with Crippen molar-refractivity contribution in [3.8, 4) is 5.75 Å². The first kappa shape index (κ1) is 21.8. The van der Waals surface area contributed by atoms with Crippen molar-refractivity contribution in [1.82, 2.24) is 10.2 Å². The topological polar surface area (TPSA) is 58.6 Å². The number of thioether (sulfide) groups is 1. The van der Waals surface area contributed by atoms with Crippen LogP contribution < -0.4 is 10.1 Å². The summed E-state index contributed by atoms with van der Waals surface area (Å²) in [5.74, 6) is 1.62. The molecule has 1 N–H and O–H groups in total. The van der Waals surface area contributed by atoms with E-state index in [9.17, 15) is 9.59 Å². The molecule has 2 aromatic carbocycles. The van der Waals surface area contributed by atoms with Crippen LogP contribution in [0.1, 0.15) is 23.6 Å². The van der Waals surface area contributed by atoms with Gasteiger partial charge in [-0.1, -0.05) is 42.0 Å². The third-order valence-corrected chi connectivity index (χ3v) is 5.53. The molecule has 0 bridgehead atoms. The maximum atomic E-state index is 12.9. The summed E-state index contributed by atoms with van der Waals surface area (Å²) in [5, 5.41) is 2.63. The van der Waals surface area contributed by atoms with Gasteiger partial charge >= 0.3 is 0 Å². The van der Waals surface area contributed by atoms with E-state index in [1.165, 1.54) is 11.1 Å². The van der Waals surface area contributed by atoms with Crippen LogP contribution in [0.3, 0.4) is 0 Å². The van der Waals surface area contributed by atoms with Crippen molar-refractivity contribution in [2.75, 3.05) is 19.9 Å². The van der Waals surface area contributed by atoms with Crippen LogP contribution in [-0.2, 0) is 21.9 Å². The number of nitrogens with zero attached hydrogens (tertiary/aromatic N) is 1. The number of carbonyl (C=O) groups excluding carboxylic acids is 2. The number of ether oxygens (including phenoxy) is 1. The number of nitrogens with one attached hydrogen (secondary N) is 1. The molecule has 0 heterocycles. The van der Waals surface area contributed by atoms with Gasteiger partial charge < -0.3 is 15.0 Å². The normalized spacial score (nSPS) is 11.6. The Morgan fingerprint density at radius 1 is 1.07 bits per heavy atom. The van der Waals surface area contributed by atoms with Crippen molar-refractivity contribution >= 4 is 23.6 Å². The molecule has 5 nitrogen and oxygen atoms in total. The average molecular weight is 401 g/mol. The van der Waals surface area contributed by atoms with Crippen molar-refractivity contribution in [3.63, 3.8) is 0 Å². The SMILES string of the molecule is CNC(=O)[C@H](C)N(Cc1ccc(OC)cc1)C(=O)CSCc1ccc(C)cc1. The van der Waals surface area contributed by atoms with Gasteiger partial charge in [-0.15, -0.1) is 11.8 Å². The molecule has 0 saturated carbocycles. The van der Waals surface area contributed by atoms with Gasteiger partial charge in [0.15, 0.2) is 0 Å². The fourth-order valence-electron chi connectivity index (χ4n) is 2.74. The van der Waals surface area contributed by atoms with Gasteiger partial charge in [0, 0.05) is 19.3 Å². The molecule has 6 heteroatoms. The Morgan fingerprint density at radius 2 is 1.68 bits per heavy atom. The number of rotatable bonds is 9. The number of carbonyl (C=O) groups is 2. The summed E-state index contributed by atoms with van der Waals surface area (Å²) in [5.41, 5.74) is 3.35. The predicted molar refractivity (Wildman–Crippen MR) is 114 cm³/mol. The number of aryl methyl sites for hydroxylation is 1. The van der Waals surface area contributed by atoms with Gasteiger partial charge in [0.2, 0.25) is 11.8 Å². The summed E-state index contributed by atoms with van der Waals surface area (Å²) in [7, 11) is 3.20. The molecule has 0 aromatic heterocycles. The molecule has 0 aliphatic carbocycles. The first-order valence-corrected chi connectivity index (χ1v) is 10.4. The number of methoxy groups -OCH3 is 1. The predicted octanol–water partition coefficient (Wildman–Crippen LogP) is 3.40. The Kier molecular flexibility index (Phi) is 8.39. The van der Waals surface area contributed by atoms with Crippen LogP contribution in [0.2, 0.25) is 0 Å². The largest absolute Gasteiger partial charge is 0.497 e. The Labute approximate surface area is 171 Å². The smallest absolute Gasteiger partial charge is 0.242 e. The van der Waals surface area contributed by atoms with E-state index in [1.807, 2.05) is 24.3 Å². The number of amides is 2. The summed E-state index contributed by atoms with van der Waals surface area (Å²) in [6.45, 7) is 4.19. The van der Waals surface area contributed by atoms with E-state index in [0.29, 0.717) is 12.3 Å². The minimum Gasteiger partial charge on any atom is -0.497 e. The lowest BCUT2D eigenvalue weighted by Crippen LogP contribution is -2.47. The van der Waals surface area contributed by atoms with E-state index in [2.05, 4.69) is 36.5 Å². The molecule has 0 fully saturated rings. The van der Waals surface area contributed by atoms with Crippen molar-refractivity contribution < 1.29 is 14.3 Å². The highest BCUT2D eigenvalue weighted by atomic mass is 32.2. The van der Waals surface area contributed by atoms with Gasteiger partial charge in [0.25, 0.3) is 0 Å². The number of hydrogen-bond acceptors (Lipinski definition) is 4. The highest BCUT2D eigenvalue weighted by Crippen LogP contribution is 2.18. The lowest BCUT2D eigenvalue weighted by atomic mass is 10.1. The van der Waals surface area contributed by atoms with E-state index in [1.54, 1.807) is 37.7 Å². The molecular weight excluding hydrogens is 372 g/mol. The van der Waals surface area contributed by atoms with Crippen LogP contribution >= 0.6 is 11.8 Å². The zero-order chi connectivity index (χ0) is 20.5. The first-order chi connectivity index (χ1) is 13.4. The van der Waals surface area contributed by atoms with E-state index >= 15 is 0 Å². The fraction of sp³-hybridized carbons (Fsp3) is 0.364. The number of benzene rings is 2. The van der Waals surface area contributed by atoms with Crippen LogP contribution in [0.4, 0.5) is 0 Å². The molecule has 2 rings (SSSR count).